The average molecular weight is 496 g/mol. The van der Waals surface area contributed by atoms with E-state index in [-0.39, 0.29) is 31.4 Å². The Hall–Kier alpha value is -0.880. The summed E-state index contributed by atoms with van der Waals surface area (Å²) in [5, 5.41) is 11.9. The van der Waals surface area contributed by atoms with E-state index in [1.165, 1.54) is 11.3 Å². The van der Waals surface area contributed by atoms with Crippen LogP contribution in [-0.2, 0) is 0 Å². The first kappa shape index (κ1) is 27.2. The highest BCUT2D eigenvalue weighted by atomic mass is 35.5. The molecule has 1 N–H and O–H groups in total. The van der Waals surface area contributed by atoms with Gasteiger partial charge in [-0.1, -0.05) is 29.3 Å². The maximum atomic E-state index is 10.4. The van der Waals surface area contributed by atoms with Gasteiger partial charge in [0.05, 0.1) is 0 Å². The minimum atomic E-state index is -0.532. The third-order valence-electron chi connectivity index (χ3n) is 5.21. The summed E-state index contributed by atoms with van der Waals surface area (Å²) in [5.41, 5.74) is 4.40. The first-order valence-electron chi connectivity index (χ1n) is 9.64. The fourth-order valence-corrected chi connectivity index (χ4v) is 3.90. The molecule has 0 saturated carbocycles. The van der Waals surface area contributed by atoms with Gasteiger partial charge in [-0.3, -0.25) is 4.90 Å². The van der Waals surface area contributed by atoms with Crippen LogP contribution in [0.1, 0.15) is 16.7 Å². The third kappa shape index (κ3) is 7.08. The molecule has 1 fully saturated rings. The van der Waals surface area contributed by atoms with Crippen LogP contribution in [-0.4, -0.2) is 55.4 Å². The summed E-state index contributed by atoms with van der Waals surface area (Å²) in [4.78, 5) is 4.64. The molecule has 0 aliphatic carbocycles. The van der Waals surface area contributed by atoms with Gasteiger partial charge in [-0.25, -0.2) is 0 Å². The van der Waals surface area contributed by atoms with Crippen LogP contribution in [0.2, 0.25) is 10.0 Å². The summed E-state index contributed by atoms with van der Waals surface area (Å²) >= 11 is 12.3. The number of aliphatic hydroxyl groups excluding tert-OH is 1. The number of aliphatic hydroxyl groups is 1. The van der Waals surface area contributed by atoms with Crippen molar-refractivity contribution in [2.75, 3.05) is 44.2 Å². The lowest BCUT2D eigenvalue weighted by molar-refractivity contribution is 0.0662. The summed E-state index contributed by atoms with van der Waals surface area (Å²) in [6.07, 6.45) is -0.532. The molecule has 2 aromatic carbocycles. The fourth-order valence-electron chi connectivity index (χ4n) is 3.63. The molecule has 1 aliphatic heterocycles. The number of ether oxygens (including phenoxy) is 1. The van der Waals surface area contributed by atoms with Gasteiger partial charge in [0.15, 0.2) is 0 Å². The Morgan fingerprint density at radius 1 is 0.933 bits per heavy atom. The molecule has 1 atom stereocenters. The Bertz CT molecular complexity index is 804. The van der Waals surface area contributed by atoms with E-state index in [9.17, 15) is 5.11 Å². The molecule has 30 heavy (non-hydrogen) atoms. The minimum Gasteiger partial charge on any atom is -0.491 e. The van der Waals surface area contributed by atoms with Gasteiger partial charge in [-0.05, 0) is 61.7 Å². The highest BCUT2D eigenvalue weighted by Gasteiger charge is 2.21. The number of hydrogen-bond acceptors (Lipinski definition) is 4. The Morgan fingerprint density at radius 3 is 2.13 bits per heavy atom. The maximum Gasteiger partial charge on any atom is 0.120 e. The zero-order valence-electron chi connectivity index (χ0n) is 17.5. The molecule has 3 rings (SSSR count). The number of benzene rings is 2. The van der Waals surface area contributed by atoms with E-state index in [2.05, 4.69) is 22.8 Å². The standard InChI is InChI=1S/C22H28Cl2N2O2.2ClH/c1-15-4-5-18(23)12-21(15)26-8-6-25(7-9-26)13-19(27)14-28-20-10-16(2)22(24)17(3)11-20;;/h4-5,10-12,19,27H,6-9,13-14H2,1-3H3;2*1H. The number of β-amino-alcohol motifs (C(OH)–C–C–N with tert-alkyl or cyclic N) is 1. The van der Waals surface area contributed by atoms with Crippen molar-refractivity contribution >= 4 is 53.7 Å². The third-order valence-corrected chi connectivity index (χ3v) is 6.04. The molecule has 2 aromatic rings. The highest BCUT2D eigenvalue weighted by Crippen LogP contribution is 2.27. The molecule has 8 heteroatoms. The molecular weight excluding hydrogens is 466 g/mol. The zero-order valence-corrected chi connectivity index (χ0v) is 20.7. The number of aryl methyl sites for hydroxylation is 3. The lowest BCUT2D eigenvalue weighted by atomic mass is 10.1. The first-order chi connectivity index (χ1) is 13.3. The largest absolute Gasteiger partial charge is 0.491 e. The molecular formula is C22H30Cl4N2O2. The average Bonchev–Trinajstić information content (AvgIpc) is 2.67. The Morgan fingerprint density at radius 2 is 1.53 bits per heavy atom. The van der Waals surface area contributed by atoms with E-state index in [4.69, 9.17) is 27.9 Å². The van der Waals surface area contributed by atoms with Crippen LogP contribution >= 0.6 is 48.0 Å². The van der Waals surface area contributed by atoms with Crippen molar-refractivity contribution in [2.45, 2.75) is 26.9 Å². The Balaban J connectivity index is 0.00000225. The summed E-state index contributed by atoms with van der Waals surface area (Å²) in [6, 6.07) is 9.84. The molecule has 0 bridgehead atoms. The van der Waals surface area contributed by atoms with Gasteiger partial charge in [0.25, 0.3) is 0 Å². The zero-order chi connectivity index (χ0) is 20.3. The van der Waals surface area contributed by atoms with E-state index in [0.717, 1.165) is 53.1 Å². The van der Waals surface area contributed by atoms with Gasteiger partial charge >= 0.3 is 0 Å². The topological polar surface area (TPSA) is 35.9 Å². The molecule has 1 unspecified atom stereocenters. The van der Waals surface area contributed by atoms with E-state index >= 15 is 0 Å². The maximum absolute atomic E-state index is 10.4. The molecule has 168 valence electrons. The van der Waals surface area contributed by atoms with Crippen molar-refractivity contribution in [1.82, 2.24) is 4.90 Å². The molecule has 0 radical (unpaired) electrons. The van der Waals surface area contributed by atoms with Crippen LogP contribution in [0.15, 0.2) is 30.3 Å². The number of halogens is 4. The van der Waals surface area contributed by atoms with E-state index in [0.29, 0.717) is 6.54 Å². The Labute approximate surface area is 201 Å². The van der Waals surface area contributed by atoms with Gasteiger partial charge < -0.3 is 14.7 Å². The van der Waals surface area contributed by atoms with Gasteiger partial charge in [-0.2, -0.15) is 0 Å². The number of rotatable bonds is 6. The molecule has 0 spiro atoms. The summed E-state index contributed by atoms with van der Waals surface area (Å²) < 4.78 is 5.78. The van der Waals surface area contributed by atoms with E-state index < -0.39 is 6.10 Å². The number of anilines is 1. The predicted octanol–water partition coefficient (Wildman–Crippen LogP) is 5.32. The van der Waals surface area contributed by atoms with Gasteiger partial charge in [0.2, 0.25) is 0 Å². The number of piperazine rings is 1. The van der Waals surface area contributed by atoms with E-state index in [1.54, 1.807) is 0 Å². The van der Waals surface area contributed by atoms with Crippen LogP contribution in [0, 0.1) is 20.8 Å². The van der Waals surface area contributed by atoms with Crippen molar-refractivity contribution < 1.29 is 9.84 Å². The van der Waals surface area contributed by atoms with Crippen LogP contribution < -0.4 is 9.64 Å². The first-order valence-corrected chi connectivity index (χ1v) is 10.4. The molecule has 1 saturated heterocycles. The molecule has 0 aromatic heterocycles. The number of nitrogens with zero attached hydrogens (tertiary/aromatic N) is 2. The summed E-state index contributed by atoms with van der Waals surface area (Å²) in [7, 11) is 0. The second kappa shape index (κ2) is 12.2. The quantitative estimate of drug-likeness (QED) is 0.587. The van der Waals surface area contributed by atoms with Crippen molar-refractivity contribution in [3.05, 3.63) is 57.1 Å². The summed E-state index contributed by atoms with van der Waals surface area (Å²) in [6.45, 7) is 10.6. The van der Waals surface area contributed by atoms with Crippen LogP contribution in [0.4, 0.5) is 5.69 Å². The van der Waals surface area contributed by atoms with Crippen molar-refractivity contribution in [2.24, 2.45) is 0 Å². The second-order valence-electron chi connectivity index (χ2n) is 7.55. The lowest BCUT2D eigenvalue weighted by Crippen LogP contribution is -2.49. The lowest BCUT2D eigenvalue weighted by Gasteiger charge is -2.37. The normalized spacial score (nSPS) is 15.2. The molecule has 1 aliphatic rings. The van der Waals surface area contributed by atoms with Gasteiger partial charge in [0, 0.05) is 48.5 Å². The van der Waals surface area contributed by atoms with Crippen LogP contribution in [0.5, 0.6) is 5.75 Å². The van der Waals surface area contributed by atoms with Crippen molar-refractivity contribution in [1.29, 1.82) is 0 Å². The highest BCUT2D eigenvalue weighted by molar-refractivity contribution is 6.32. The van der Waals surface area contributed by atoms with Crippen LogP contribution in [0.3, 0.4) is 0 Å². The Kier molecular flexibility index (Phi) is 11.1. The minimum absolute atomic E-state index is 0. The second-order valence-corrected chi connectivity index (χ2v) is 8.37. The molecule has 0 amide bonds. The number of hydrogen-bond donors (Lipinski definition) is 1. The van der Waals surface area contributed by atoms with Gasteiger partial charge in [0.1, 0.15) is 18.5 Å². The van der Waals surface area contributed by atoms with E-state index in [1.807, 2.05) is 38.1 Å². The summed E-state index contributed by atoms with van der Waals surface area (Å²) in [5.74, 6) is 0.750. The molecule has 4 nitrogen and oxygen atoms in total. The smallest absolute Gasteiger partial charge is 0.120 e. The SMILES string of the molecule is Cc1ccc(Cl)cc1N1CCN(CC(O)COc2cc(C)c(Cl)c(C)c2)CC1.Cl.Cl. The van der Waals surface area contributed by atoms with Crippen molar-refractivity contribution in [3.63, 3.8) is 0 Å². The van der Waals surface area contributed by atoms with Gasteiger partial charge in [-0.15, -0.1) is 24.8 Å². The van der Waals surface area contributed by atoms with Crippen LogP contribution in [0.25, 0.3) is 0 Å². The van der Waals surface area contributed by atoms with Crippen molar-refractivity contribution in [3.8, 4) is 5.75 Å². The fraction of sp³-hybridized carbons (Fsp3) is 0.455. The predicted molar refractivity (Wildman–Crippen MR) is 132 cm³/mol. The monoisotopic (exact) mass is 494 g/mol. The molecule has 1 heterocycles.